The van der Waals surface area contributed by atoms with Crippen LogP contribution in [0.1, 0.15) is 25.0 Å². The smallest absolute Gasteiger partial charge is 0.0159 e. The van der Waals surface area contributed by atoms with Gasteiger partial charge < -0.3 is 0 Å². The minimum Gasteiger partial charge on any atom is -0.0619 e. The second-order valence-electron chi connectivity index (χ2n) is 11.5. The lowest BCUT2D eigenvalue weighted by Crippen LogP contribution is -2.14. The second kappa shape index (κ2) is 8.16. The van der Waals surface area contributed by atoms with Crippen molar-refractivity contribution in [2.75, 3.05) is 0 Å². The molecule has 0 heterocycles. The van der Waals surface area contributed by atoms with E-state index in [4.69, 9.17) is 0 Å². The summed E-state index contributed by atoms with van der Waals surface area (Å²) in [5, 5.41) is 7.66. The topological polar surface area (TPSA) is 0 Å². The highest BCUT2D eigenvalue weighted by atomic mass is 14.4. The molecule has 0 amide bonds. The van der Waals surface area contributed by atoms with Gasteiger partial charge in [0.15, 0.2) is 0 Å². The molecular formula is C39H28. The van der Waals surface area contributed by atoms with E-state index in [1.807, 2.05) is 0 Å². The molecule has 0 heteroatoms. The Morgan fingerprint density at radius 2 is 0.795 bits per heavy atom. The van der Waals surface area contributed by atoms with Gasteiger partial charge in [-0.3, -0.25) is 0 Å². The first kappa shape index (κ1) is 22.3. The Bertz CT molecular complexity index is 2090. The molecule has 0 fully saturated rings. The van der Waals surface area contributed by atoms with E-state index in [1.165, 1.54) is 76.8 Å². The third kappa shape index (κ3) is 3.45. The molecule has 1 aliphatic rings. The summed E-state index contributed by atoms with van der Waals surface area (Å²) in [5.41, 5.74) is 10.7. The van der Waals surface area contributed by atoms with Crippen LogP contribution in [-0.4, -0.2) is 0 Å². The molecule has 0 nitrogen and oxygen atoms in total. The molecule has 8 rings (SSSR count). The normalized spacial score (nSPS) is 13.6. The van der Waals surface area contributed by atoms with Gasteiger partial charge in [0.2, 0.25) is 0 Å². The number of fused-ring (bicyclic) bond motifs is 6. The molecule has 0 radical (unpaired) electrons. The van der Waals surface area contributed by atoms with Gasteiger partial charge in [0.1, 0.15) is 0 Å². The zero-order valence-corrected chi connectivity index (χ0v) is 22.2. The zero-order chi connectivity index (χ0) is 26.1. The molecular weight excluding hydrogens is 468 g/mol. The summed E-state index contributed by atoms with van der Waals surface area (Å²) >= 11 is 0. The molecule has 39 heavy (non-hydrogen) atoms. The number of hydrogen-bond acceptors (Lipinski definition) is 0. The molecule has 0 aliphatic heterocycles. The summed E-state index contributed by atoms with van der Waals surface area (Å²) in [4.78, 5) is 0. The maximum Gasteiger partial charge on any atom is 0.0159 e. The van der Waals surface area contributed by atoms with Crippen LogP contribution in [0.25, 0.3) is 65.7 Å². The van der Waals surface area contributed by atoms with E-state index in [0.29, 0.717) is 0 Å². The summed E-state index contributed by atoms with van der Waals surface area (Å²) in [6.45, 7) is 4.69. The standard InChI is InChI=1S/C39H28/c1-39(2)37-10-6-5-9-35(37)36-18-17-32(24-38(36)39)29-14-16-31-22-33-20-28(13-15-30(33)23-34(31)21-29)27-12-11-25-7-3-4-8-26(25)19-27/h3-24H,1-2H3. The molecule has 0 spiro atoms. The number of rotatable bonds is 2. The quantitative estimate of drug-likeness (QED) is 0.209. The Hall–Kier alpha value is -4.68. The Morgan fingerprint density at radius 1 is 0.333 bits per heavy atom. The predicted octanol–water partition coefficient (Wildman–Crippen LogP) is 10.8. The molecule has 0 saturated carbocycles. The Morgan fingerprint density at radius 3 is 1.49 bits per heavy atom. The van der Waals surface area contributed by atoms with Crippen molar-refractivity contribution in [3.8, 4) is 33.4 Å². The van der Waals surface area contributed by atoms with Gasteiger partial charge in [0, 0.05) is 5.41 Å². The molecule has 0 N–H and O–H groups in total. The summed E-state index contributed by atoms with van der Waals surface area (Å²) in [6, 6.07) is 49.6. The zero-order valence-electron chi connectivity index (χ0n) is 22.2. The molecule has 184 valence electrons. The van der Waals surface area contributed by atoms with Crippen molar-refractivity contribution >= 4 is 32.3 Å². The van der Waals surface area contributed by atoms with Crippen LogP contribution >= 0.6 is 0 Å². The van der Waals surface area contributed by atoms with Crippen LogP contribution < -0.4 is 0 Å². The molecule has 0 atom stereocenters. The van der Waals surface area contributed by atoms with Crippen LogP contribution in [0.5, 0.6) is 0 Å². The molecule has 0 aromatic heterocycles. The summed E-state index contributed by atoms with van der Waals surface area (Å²) in [6.07, 6.45) is 0. The van der Waals surface area contributed by atoms with Gasteiger partial charge >= 0.3 is 0 Å². The average Bonchev–Trinajstić information content (AvgIpc) is 3.21. The van der Waals surface area contributed by atoms with Crippen molar-refractivity contribution < 1.29 is 0 Å². The van der Waals surface area contributed by atoms with Gasteiger partial charge in [0.05, 0.1) is 0 Å². The molecule has 7 aromatic carbocycles. The van der Waals surface area contributed by atoms with Crippen molar-refractivity contribution in [1.82, 2.24) is 0 Å². The third-order valence-electron chi connectivity index (χ3n) is 8.80. The van der Waals surface area contributed by atoms with E-state index >= 15 is 0 Å². The van der Waals surface area contributed by atoms with Gasteiger partial charge in [-0.05, 0) is 113 Å². The average molecular weight is 497 g/mol. The fraction of sp³-hybridized carbons (Fsp3) is 0.0769. The highest BCUT2D eigenvalue weighted by Gasteiger charge is 2.35. The SMILES string of the molecule is CC1(C)c2ccccc2-c2ccc(-c3ccc4cc5cc(-c6ccc7ccccc7c6)ccc5cc4c3)cc21. The first-order valence-corrected chi connectivity index (χ1v) is 13.8. The van der Waals surface area contributed by atoms with Crippen molar-refractivity contribution in [2.24, 2.45) is 0 Å². The van der Waals surface area contributed by atoms with Crippen LogP contribution in [0.3, 0.4) is 0 Å². The first-order chi connectivity index (χ1) is 19.0. The molecule has 0 saturated heterocycles. The fourth-order valence-corrected chi connectivity index (χ4v) is 6.61. The molecule has 7 aromatic rings. The lowest BCUT2D eigenvalue weighted by atomic mass is 9.81. The molecule has 0 unspecified atom stereocenters. The van der Waals surface area contributed by atoms with Crippen LogP contribution in [0.4, 0.5) is 0 Å². The maximum atomic E-state index is 2.41. The van der Waals surface area contributed by atoms with E-state index in [2.05, 4.69) is 147 Å². The van der Waals surface area contributed by atoms with Gasteiger partial charge in [0.25, 0.3) is 0 Å². The maximum absolute atomic E-state index is 2.41. The van der Waals surface area contributed by atoms with Crippen LogP contribution in [0.15, 0.2) is 133 Å². The van der Waals surface area contributed by atoms with Gasteiger partial charge in [-0.2, -0.15) is 0 Å². The Labute approximate surface area is 229 Å². The molecule has 0 bridgehead atoms. The largest absolute Gasteiger partial charge is 0.0619 e. The summed E-state index contributed by atoms with van der Waals surface area (Å²) in [7, 11) is 0. The lowest BCUT2D eigenvalue weighted by molar-refractivity contribution is 0.660. The minimum atomic E-state index is 0.0116. The van der Waals surface area contributed by atoms with E-state index in [0.717, 1.165) is 0 Å². The number of benzene rings is 7. The third-order valence-corrected chi connectivity index (χ3v) is 8.80. The highest BCUT2D eigenvalue weighted by molar-refractivity contribution is 6.01. The summed E-state index contributed by atoms with van der Waals surface area (Å²) < 4.78 is 0. The predicted molar refractivity (Wildman–Crippen MR) is 167 cm³/mol. The lowest BCUT2D eigenvalue weighted by Gasteiger charge is -2.22. The fourth-order valence-electron chi connectivity index (χ4n) is 6.61. The second-order valence-corrected chi connectivity index (χ2v) is 11.5. The Balaban J connectivity index is 1.19. The van der Waals surface area contributed by atoms with Crippen LogP contribution in [0, 0.1) is 0 Å². The van der Waals surface area contributed by atoms with Crippen LogP contribution in [-0.2, 0) is 5.41 Å². The van der Waals surface area contributed by atoms with Crippen molar-refractivity contribution in [2.45, 2.75) is 19.3 Å². The van der Waals surface area contributed by atoms with Crippen molar-refractivity contribution in [3.05, 3.63) is 145 Å². The number of hydrogen-bond donors (Lipinski definition) is 0. The highest BCUT2D eigenvalue weighted by Crippen LogP contribution is 2.49. The van der Waals surface area contributed by atoms with Crippen molar-refractivity contribution in [1.29, 1.82) is 0 Å². The van der Waals surface area contributed by atoms with Gasteiger partial charge in [-0.15, -0.1) is 0 Å². The van der Waals surface area contributed by atoms with Crippen LogP contribution in [0.2, 0.25) is 0 Å². The minimum absolute atomic E-state index is 0.0116. The van der Waals surface area contributed by atoms with E-state index in [-0.39, 0.29) is 5.41 Å². The van der Waals surface area contributed by atoms with E-state index in [9.17, 15) is 0 Å². The van der Waals surface area contributed by atoms with Gasteiger partial charge in [-0.1, -0.05) is 111 Å². The summed E-state index contributed by atoms with van der Waals surface area (Å²) in [5.74, 6) is 0. The van der Waals surface area contributed by atoms with E-state index in [1.54, 1.807) is 0 Å². The van der Waals surface area contributed by atoms with E-state index < -0.39 is 0 Å². The molecule has 1 aliphatic carbocycles. The van der Waals surface area contributed by atoms with Gasteiger partial charge in [-0.25, -0.2) is 0 Å². The Kier molecular flexibility index (Phi) is 4.67. The monoisotopic (exact) mass is 496 g/mol. The van der Waals surface area contributed by atoms with Crippen molar-refractivity contribution in [3.63, 3.8) is 0 Å². The first-order valence-electron chi connectivity index (χ1n) is 13.8.